The maximum absolute atomic E-state index is 12.0. The number of nitriles is 1. The Kier molecular flexibility index (Phi) is 3.79. The molecule has 0 radical (unpaired) electrons. The average molecular weight is 246 g/mol. The molecule has 1 aromatic carbocycles. The van der Waals surface area contributed by atoms with Crippen LogP contribution in [0, 0.1) is 11.3 Å². The summed E-state index contributed by atoms with van der Waals surface area (Å²) in [6, 6.07) is 7.55. The largest absolute Gasteiger partial charge is 0.355 e. The van der Waals surface area contributed by atoms with Gasteiger partial charge in [-0.15, -0.1) is 0 Å². The molecule has 0 aliphatic carbocycles. The minimum Gasteiger partial charge on any atom is -0.279 e. The maximum Gasteiger partial charge on any atom is 0.355 e. The van der Waals surface area contributed by atoms with Gasteiger partial charge in [-0.1, -0.05) is 12.1 Å². The first-order chi connectivity index (χ1) is 7.45. The van der Waals surface area contributed by atoms with Gasteiger partial charge in [-0.05, 0) is 17.7 Å². The Morgan fingerprint density at radius 1 is 1.31 bits per heavy atom. The third kappa shape index (κ3) is 3.17. The van der Waals surface area contributed by atoms with Gasteiger partial charge in [0.1, 0.15) is 0 Å². The SMILES string of the molecule is N#CCc1ccc(NS(=O)(=O)C(F)F)cc1. The van der Waals surface area contributed by atoms with Crippen molar-refractivity contribution in [2.24, 2.45) is 0 Å². The summed E-state index contributed by atoms with van der Waals surface area (Å²) in [5.41, 5.74) is 0.726. The molecule has 16 heavy (non-hydrogen) atoms. The Bertz CT molecular complexity index is 491. The lowest BCUT2D eigenvalue weighted by Gasteiger charge is -2.06. The van der Waals surface area contributed by atoms with Crippen molar-refractivity contribution in [3.8, 4) is 6.07 Å². The van der Waals surface area contributed by atoms with Crippen LogP contribution < -0.4 is 4.72 Å². The zero-order valence-electron chi connectivity index (χ0n) is 8.02. The lowest BCUT2D eigenvalue weighted by Crippen LogP contribution is -2.20. The number of benzene rings is 1. The second-order valence-electron chi connectivity index (χ2n) is 2.94. The molecule has 0 aliphatic rings. The van der Waals surface area contributed by atoms with E-state index in [2.05, 4.69) is 0 Å². The molecule has 0 saturated heterocycles. The van der Waals surface area contributed by atoms with Gasteiger partial charge < -0.3 is 0 Å². The minimum absolute atomic E-state index is 0.0435. The molecule has 0 saturated carbocycles. The summed E-state index contributed by atoms with van der Waals surface area (Å²) in [6.45, 7) is 0. The second-order valence-corrected chi connectivity index (χ2v) is 4.59. The van der Waals surface area contributed by atoms with Crippen LogP contribution in [-0.4, -0.2) is 14.2 Å². The van der Waals surface area contributed by atoms with Gasteiger partial charge in [0.2, 0.25) is 0 Å². The van der Waals surface area contributed by atoms with Gasteiger partial charge in [-0.3, -0.25) is 4.72 Å². The number of nitrogens with zero attached hydrogens (tertiary/aromatic N) is 1. The molecule has 1 aromatic rings. The highest BCUT2D eigenvalue weighted by Gasteiger charge is 2.23. The molecule has 0 aliphatic heterocycles. The van der Waals surface area contributed by atoms with Crippen molar-refractivity contribution >= 4 is 15.7 Å². The van der Waals surface area contributed by atoms with E-state index in [-0.39, 0.29) is 12.1 Å². The van der Waals surface area contributed by atoms with Crippen LogP contribution in [0.1, 0.15) is 5.56 Å². The van der Waals surface area contributed by atoms with Gasteiger partial charge in [0.05, 0.1) is 12.5 Å². The van der Waals surface area contributed by atoms with Crippen LogP contribution >= 0.6 is 0 Å². The number of alkyl halides is 2. The monoisotopic (exact) mass is 246 g/mol. The van der Waals surface area contributed by atoms with Crippen molar-refractivity contribution in [2.45, 2.75) is 12.2 Å². The fourth-order valence-electron chi connectivity index (χ4n) is 0.991. The van der Waals surface area contributed by atoms with E-state index in [1.165, 1.54) is 24.3 Å². The molecule has 0 atom stereocenters. The van der Waals surface area contributed by atoms with Crippen LogP contribution in [0.3, 0.4) is 0 Å². The van der Waals surface area contributed by atoms with Crippen molar-refractivity contribution in [1.29, 1.82) is 5.26 Å². The number of halogens is 2. The Balaban J connectivity index is 2.81. The van der Waals surface area contributed by atoms with Crippen LogP contribution in [-0.2, 0) is 16.4 Å². The Hall–Kier alpha value is -1.68. The summed E-state index contributed by atoms with van der Waals surface area (Å²) in [4.78, 5) is 0. The highest BCUT2D eigenvalue weighted by atomic mass is 32.2. The molecule has 0 bridgehead atoms. The maximum atomic E-state index is 12.0. The third-order valence-electron chi connectivity index (χ3n) is 1.73. The molecule has 0 aromatic heterocycles. The molecule has 0 unspecified atom stereocenters. The molecular formula is C9H8F2N2O2S. The van der Waals surface area contributed by atoms with E-state index in [0.29, 0.717) is 5.56 Å². The quantitative estimate of drug-likeness (QED) is 0.879. The highest BCUT2D eigenvalue weighted by molar-refractivity contribution is 7.93. The summed E-state index contributed by atoms with van der Waals surface area (Å²) in [5, 5.41) is 8.39. The number of rotatable bonds is 4. The van der Waals surface area contributed by atoms with Crippen LogP contribution in [0.15, 0.2) is 24.3 Å². The van der Waals surface area contributed by atoms with Crippen LogP contribution in [0.25, 0.3) is 0 Å². The fourth-order valence-corrected chi connectivity index (χ4v) is 1.54. The molecule has 7 heteroatoms. The number of sulfonamides is 1. The van der Waals surface area contributed by atoms with Crippen LogP contribution in [0.5, 0.6) is 0 Å². The smallest absolute Gasteiger partial charge is 0.279 e. The summed E-state index contributed by atoms with van der Waals surface area (Å²) in [7, 11) is -4.62. The molecule has 0 heterocycles. The van der Waals surface area contributed by atoms with E-state index in [1.54, 1.807) is 4.72 Å². The predicted octanol–water partition coefficient (Wildman–Crippen LogP) is 1.72. The van der Waals surface area contributed by atoms with Gasteiger partial charge in [-0.25, -0.2) is 8.42 Å². The van der Waals surface area contributed by atoms with E-state index in [4.69, 9.17) is 5.26 Å². The Labute approximate surface area is 91.6 Å². The number of nitrogens with one attached hydrogen (secondary N) is 1. The molecule has 0 fully saturated rings. The van der Waals surface area contributed by atoms with Crippen molar-refractivity contribution in [3.05, 3.63) is 29.8 Å². The molecular weight excluding hydrogens is 238 g/mol. The van der Waals surface area contributed by atoms with Crippen molar-refractivity contribution in [2.75, 3.05) is 4.72 Å². The molecule has 1 N–H and O–H groups in total. The topological polar surface area (TPSA) is 70.0 Å². The average Bonchev–Trinajstić information content (AvgIpc) is 2.21. The summed E-state index contributed by atoms with van der Waals surface area (Å²) in [6.07, 6.45) is 0.182. The standard InChI is InChI=1S/C9H8F2N2O2S/c10-9(11)16(14,15)13-8-3-1-7(2-4-8)5-6-12/h1-4,9,13H,5H2. The van der Waals surface area contributed by atoms with Crippen LogP contribution in [0.2, 0.25) is 0 Å². The van der Waals surface area contributed by atoms with Gasteiger partial charge >= 0.3 is 5.76 Å². The van der Waals surface area contributed by atoms with Gasteiger partial charge in [0.15, 0.2) is 0 Å². The van der Waals surface area contributed by atoms with E-state index in [1.807, 2.05) is 6.07 Å². The molecule has 86 valence electrons. The van der Waals surface area contributed by atoms with E-state index < -0.39 is 15.8 Å². The summed E-state index contributed by atoms with van der Waals surface area (Å²) >= 11 is 0. The minimum atomic E-state index is -4.62. The third-order valence-corrected chi connectivity index (χ3v) is 2.72. The number of hydrogen-bond donors (Lipinski definition) is 1. The zero-order chi connectivity index (χ0) is 12.2. The lowest BCUT2D eigenvalue weighted by molar-refractivity contribution is 0.236. The second kappa shape index (κ2) is 4.90. The molecule has 0 spiro atoms. The Morgan fingerprint density at radius 2 is 1.88 bits per heavy atom. The van der Waals surface area contributed by atoms with Crippen molar-refractivity contribution in [1.82, 2.24) is 0 Å². The zero-order valence-corrected chi connectivity index (χ0v) is 8.84. The Morgan fingerprint density at radius 3 is 2.31 bits per heavy atom. The fraction of sp³-hybridized carbons (Fsp3) is 0.222. The van der Waals surface area contributed by atoms with Gasteiger partial charge in [0.25, 0.3) is 10.0 Å². The molecule has 1 rings (SSSR count). The first-order valence-electron chi connectivity index (χ1n) is 4.21. The first kappa shape index (κ1) is 12.4. The highest BCUT2D eigenvalue weighted by Crippen LogP contribution is 2.14. The van der Waals surface area contributed by atoms with Crippen LogP contribution in [0.4, 0.5) is 14.5 Å². The number of hydrogen-bond acceptors (Lipinski definition) is 3. The van der Waals surface area contributed by atoms with Crippen molar-refractivity contribution < 1.29 is 17.2 Å². The van der Waals surface area contributed by atoms with E-state index in [0.717, 1.165) is 0 Å². The van der Waals surface area contributed by atoms with Gasteiger partial charge in [-0.2, -0.15) is 14.0 Å². The molecule has 0 amide bonds. The summed E-state index contributed by atoms with van der Waals surface area (Å²) < 4.78 is 47.3. The normalized spacial score (nSPS) is 11.1. The molecule has 4 nitrogen and oxygen atoms in total. The van der Waals surface area contributed by atoms with E-state index in [9.17, 15) is 17.2 Å². The predicted molar refractivity (Wildman–Crippen MR) is 54.3 cm³/mol. The number of anilines is 1. The van der Waals surface area contributed by atoms with Gasteiger partial charge in [0, 0.05) is 5.69 Å². The van der Waals surface area contributed by atoms with Crippen molar-refractivity contribution in [3.63, 3.8) is 0 Å². The van der Waals surface area contributed by atoms with E-state index >= 15 is 0 Å². The summed E-state index contributed by atoms with van der Waals surface area (Å²) in [5.74, 6) is -3.47. The lowest BCUT2D eigenvalue weighted by atomic mass is 10.1. The first-order valence-corrected chi connectivity index (χ1v) is 5.76.